The number of hydrogen-bond acceptors (Lipinski definition) is 6. The smallest absolute Gasteiger partial charge is 0.289 e. The highest BCUT2D eigenvalue weighted by molar-refractivity contribution is 7.89. The van der Waals surface area contributed by atoms with Crippen molar-refractivity contribution in [2.24, 2.45) is 7.05 Å². The SMILES string of the molecule is Cn1cc(S(=O)(=O)N2CCCN(C(=O)c3cc(=O)c4ccccc4o3)CC2)cn1. The molecule has 0 N–H and O–H groups in total. The molecule has 1 aromatic carbocycles. The van der Waals surface area contributed by atoms with Gasteiger partial charge in [0.2, 0.25) is 10.0 Å². The molecule has 0 aliphatic carbocycles. The van der Waals surface area contributed by atoms with Gasteiger partial charge in [-0.05, 0) is 18.6 Å². The standard InChI is InChI=1S/C19H20N4O5S/c1-21-13-14(12-20-21)29(26,27)23-8-4-7-22(9-10-23)19(25)18-11-16(24)15-5-2-3-6-17(15)28-18/h2-3,5-6,11-13H,4,7-10H2,1H3. The summed E-state index contributed by atoms with van der Waals surface area (Å²) in [5.74, 6) is -0.467. The van der Waals surface area contributed by atoms with Gasteiger partial charge in [-0.25, -0.2) is 8.42 Å². The molecule has 3 heterocycles. The van der Waals surface area contributed by atoms with Gasteiger partial charge >= 0.3 is 0 Å². The van der Waals surface area contributed by atoms with E-state index >= 15 is 0 Å². The summed E-state index contributed by atoms with van der Waals surface area (Å²) in [5.41, 5.74) is 0.0600. The number of hydrogen-bond donors (Lipinski definition) is 0. The summed E-state index contributed by atoms with van der Waals surface area (Å²) in [7, 11) is -2.02. The maximum absolute atomic E-state index is 12.9. The van der Waals surface area contributed by atoms with E-state index in [1.54, 1.807) is 31.3 Å². The molecule has 0 radical (unpaired) electrons. The summed E-state index contributed by atoms with van der Waals surface area (Å²) in [6, 6.07) is 7.93. The Hall–Kier alpha value is -2.98. The molecule has 4 rings (SSSR count). The number of fused-ring (bicyclic) bond motifs is 1. The van der Waals surface area contributed by atoms with E-state index in [1.165, 1.54) is 32.3 Å². The Bertz CT molecular complexity index is 1230. The summed E-state index contributed by atoms with van der Waals surface area (Å²) in [6.07, 6.45) is 3.24. The van der Waals surface area contributed by atoms with E-state index in [0.717, 1.165) is 0 Å². The Labute approximate surface area is 167 Å². The predicted molar refractivity (Wildman–Crippen MR) is 105 cm³/mol. The van der Waals surface area contributed by atoms with Gasteiger partial charge in [-0.15, -0.1) is 0 Å². The molecule has 0 saturated carbocycles. The quantitative estimate of drug-likeness (QED) is 0.632. The van der Waals surface area contributed by atoms with Crippen molar-refractivity contribution >= 4 is 26.9 Å². The number of aryl methyl sites for hydroxylation is 1. The molecule has 152 valence electrons. The average Bonchev–Trinajstić information content (AvgIpc) is 3.00. The number of amides is 1. The van der Waals surface area contributed by atoms with Crippen molar-refractivity contribution in [3.8, 4) is 0 Å². The first-order chi connectivity index (χ1) is 13.9. The van der Waals surface area contributed by atoms with Crippen molar-refractivity contribution < 1.29 is 17.6 Å². The van der Waals surface area contributed by atoms with Crippen molar-refractivity contribution in [2.45, 2.75) is 11.3 Å². The molecule has 1 aliphatic rings. The highest BCUT2D eigenvalue weighted by Gasteiger charge is 2.30. The van der Waals surface area contributed by atoms with Crippen LogP contribution in [0, 0.1) is 0 Å². The van der Waals surface area contributed by atoms with Crippen LogP contribution in [0.4, 0.5) is 0 Å². The van der Waals surface area contributed by atoms with Crippen LogP contribution in [-0.4, -0.2) is 59.5 Å². The third-order valence-electron chi connectivity index (χ3n) is 4.91. The maximum Gasteiger partial charge on any atom is 0.289 e. The monoisotopic (exact) mass is 416 g/mol. The van der Waals surface area contributed by atoms with E-state index in [2.05, 4.69) is 5.10 Å². The molecule has 1 amide bonds. The maximum atomic E-state index is 12.9. The fourth-order valence-corrected chi connectivity index (χ4v) is 4.84. The number of aromatic nitrogens is 2. The van der Waals surface area contributed by atoms with Gasteiger partial charge in [-0.3, -0.25) is 14.3 Å². The zero-order valence-corrected chi connectivity index (χ0v) is 16.6. The molecule has 1 aliphatic heterocycles. The summed E-state index contributed by atoms with van der Waals surface area (Å²) in [4.78, 5) is 26.8. The summed E-state index contributed by atoms with van der Waals surface area (Å²) in [5, 5.41) is 4.33. The zero-order chi connectivity index (χ0) is 20.6. The van der Waals surface area contributed by atoms with Crippen LogP contribution in [-0.2, 0) is 17.1 Å². The molecule has 0 unspecified atom stereocenters. The van der Waals surface area contributed by atoms with Gasteiger partial charge in [0.25, 0.3) is 5.91 Å². The molecule has 1 saturated heterocycles. The minimum absolute atomic E-state index is 0.0442. The fourth-order valence-electron chi connectivity index (χ4n) is 3.38. The highest BCUT2D eigenvalue weighted by atomic mass is 32.2. The van der Waals surface area contributed by atoms with Crippen molar-refractivity contribution in [1.82, 2.24) is 19.0 Å². The zero-order valence-electron chi connectivity index (χ0n) is 15.8. The Morgan fingerprint density at radius 3 is 2.69 bits per heavy atom. The Balaban J connectivity index is 1.54. The minimum atomic E-state index is -3.68. The lowest BCUT2D eigenvalue weighted by atomic mass is 10.2. The van der Waals surface area contributed by atoms with Gasteiger partial charge in [0.1, 0.15) is 10.5 Å². The first-order valence-electron chi connectivity index (χ1n) is 9.17. The number of sulfonamides is 1. The molecule has 10 heteroatoms. The molecule has 2 aromatic heterocycles. The van der Waals surface area contributed by atoms with Gasteiger partial charge in [0.05, 0.1) is 11.6 Å². The third-order valence-corrected chi connectivity index (χ3v) is 6.76. The van der Waals surface area contributed by atoms with E-state index in [1.807, 2.05) is 0 Å². The minimum Gasteiger partial charge on any atom is -0.451 e. The van der Waals surface area contributed by atoms with Crippen LogP contribution in [0.1, 0.15) is 17.0 Å². The number of para-hydroxylation sites is 1. The lowest BCUT2D eigenvalue weighted by Gasteiger charge is -2.21. The number of carbonyl (C=O) groups is 1. The van der Waals surface area contributed by atoms with E-state index in [4.69, 9.17) is 4.42 Å². The summed E-state index contributed by atoms with van der Waals surface area (Å²) < 4.78 is 34.0. The average molecular weight is 416 g/mol. The Morgan fingerprint density at radius 2 is 1.93 bits per heavy atom. The first kappa shape index (κ1) is 19.3. The predicted octanol–water partition coefficient (Wildman–Crippen LogP) is 1.06. The number of nitrogens with zero attached hydrogens (tertiary/aromatic N) is 4. The molecule has 9 nitrogen and oxygen atoms in total. The lowest BCUT2D eigenvalue weighted by molar-refractivity contribution is 0.0733. The first-order valence-corrected chi connectivity index (χ1v) is 10.6. The van der Waals surface area contributed by atoms with Crippen LogP contribution in [0.15, 0.2) is 56.8 Å². The van der Waals surface area contributed by atoms with Gasteiger partial charge in [-0.1, -0.05) is 12.1 Å². The van der Waals surface area contributed by atoms with Crippen molar-refractivity contribution in [1.29, 1.82) is 0 Å². The number of benzene rings is 1. The molecule has 0 bridgehead atoms. The topological polar surface area (TPSA) is 106 Å². The van der Waals surface area contributed by atoms with E-state index < -0.39 is 15.9 Å². The second-order valence-corrected chi connectivity index (χ2v) is 8.81. The van der Waals surface area contributed by atoms with Crippen LogP contribution in [0.2, 0.25) is 0 Å². The Morgan fingerprint density at radius 1 is 1.14 bits per heavy atom. The molecule has 0 atom stereocenters. The second kappa shape index (κ2) is 7.45. The second-order valence-electron chi connectivity index (χ2n) is 6.87. The summed E-state index contributed by atoms with van der Waals surface area (Å²) in [6.45, 7) is 1.02. The van der Waals surface area contributed by atoms with Crippen LogP contribution in [0.5, 0.6) is 0 Å². The number of rotatable bonds is 3. The van der Waals surface area contributed by atoms with Crippen LogP contribution >= 0.6 is 0 Å². The van der Waals surface area contributed by atoms with Crippen molar-refractivity contribution in [3.05, 3.63) is 58.7 Å². The molecular weight excluding hydrogens is 396 g/mol. The van der Waals surface area contributed by atoms with E-state index in [0.29, 0.717) is 30.5 Å². The molecular formula is C19H20N4O5S. The van der Waals surface area contributed by atoms with Crippen molar-refractivity contribution in [3.63, 3.8) is 0 Å². The molecule has 29 heavy (non-hydrogen) atoms. The van der Waals surface area contributed by atoms with Crippen LogP contribution in [0.25, 0.3) is 11.0 Å². The van der Waals surface area contributed by atoms with Crippen molar-refractivity contribution in [2.75, 3.05) is 26.2 Å². The van der Waals surface area contributed by atoms with E-state index in [-0.39, 0.29) is 29.2 Å². The fraction of sp³-hybridized carbons (Fsp3) is 0.316. The van der Waals surface area contributed by atoms with Gasteiger partial charge in [-0.2, -0.15) is 9.40 Å². The van der Waals surface area contributed by atoms with Gasteiger partial charge in [0, 0.05) is 45.5 Å². The summed E-state index contributed by atoms with van der Waals surface area (Å²) >= 11 is 0. The Kier molecular flexibility index (Phi) is 4.97. The molecule has 3 aromatic rings. The van der Waals surface area contributed by atoms with Gasteiger partial charge in [0.15, 0.2) is 11.2 Å². The molecule has 1 fully saturated rings. The number of carbonyl (C=O) groups excluding carboxylic acids is 1. The normalized spacial score (nSPS) is 16.1. The molecule has 0 spiro atoms. The van der Waals surface area contributed by atoms with E-state index in [9.17, 15) is 18.0 Å². The highest BCUT2D eigenvalue weighted by Crippen LogP contribution is 2.19. The van der Waals surface area contributed by atoms with Crippen LogP contribution < -0.4 is 5.43 Å². The largest absolute Gasteiger partial charge is 0.451 e. The van der Waals surface area contributed by atoms with Crippen LogP contribution in [0.3, 0.4) is 0 Å². The third kappa shape index (κ3) is 3.68. The lowest BCUT2D eigenvalue weighted by Crippen LogP contribution is -2.37. The van der Waals surface area contributed by atoms with Gasteiger partial charge < -0.3 is 9.32 Å².